The Morgan fingerprint density at radius 3 is 2.43 bits per heavy atom. The summed E-state index contributed by atoms with van der Waals surface area (Å²) in [7, 11) is -3.71. The highest BCUT2D eigenvalue weighted by atomic mass is 32.2. The van der Waals surface area contributed by atoms with Gasteiger partial charge in [-0.3, -0.25) is 4.18 Å². The van der Waals surface area contributed by atoms with Crippen molar-refractivity contribution in [1.82, 2.24) is 0 Å². The average molecular weight is 527 g/mol. The van der Waals surface area contributed by atoms with Crippen molar-refractivity contribution in [3.63, 3.8) is 0 Å². The Morgan fingerprint density at radius 1 is 0.946 bits per heavy atom. The molecular formula is C33H50O3S. The molecule has 0 unspecified atom stereocenters. The Kier molecular flexibility index (Phi) is 7.75. The van der Waals surface area contributed by atoms with Crippen LogP contribution in [0.5, 0.6) is 0 Å². The molecule has 0 amide bonds. The topological polar surface area (TPSA) is 43.4 Å². The van der Waals surface area contributed by atoms with Crippen LogP contribution in [0.1, 0.15) is 105 Å². The molecule has 0 aliphatic heterocycles. The van der Waals surface area contributed by atoms with E-state index in [4.69, 9.17) is 4.18 Å². The van der Waals surface area contributed by atoms with Crippen LogP contribution in [0.25, 0.3) is 0 Å². The van der Waals surface area contributed by atoms with Gasteiger partial charge in [0.15, 0.2) is 0 Å². The van der Waals surface area contributed by atoms with Crippen LogP contribution in [0.3, 0.4) is 0 Å². The molecule has 0 heterocycles. The molecule has 3 saturated carbocycles. The fraction of sp³-hybridized carbons (Fsp3) is 0.758. The third-order valence-corrected chi connectivity index (χ3v) is 12.9. The largest absolute Gasteiger partial charge is 0.297 e. The number of hydrogen-bond acceptors (Lipinski definition) is 3. The summed E-state index contributed by atoms with van der Waals surface area (Å²) in [5.41, 5.74) is 2.19. The van der Waals surface area contributed by atoms with Gasteiger partial charge in [0.1, 0.15) is 0 Å². The van der Waals surface area contributed by atoms with E-state index in [0.29, 0.717) is 5.41 Å². The lowest BCUT2D eigenvalue weighted by atomic mass is 9.47. The smallest absolute Gasteiger partial charge is 0.263 e. The normalized spacial score (nSPS) is 38.4. The third kappa shape index (κ3) is 5.11. The van der Waals surface area contributed by atoms with Gasteiger partial charge in [0, 0.05) is 0 Å². The first kappa shape index (κ1) is 27.4. The molecule has 0 saturated heterocycles. The molecule has 8 atom stereocenters. The van der Waals surface area contributed by atoms with Crippen LogP contribution in [-0.4, -0.2) is 14.5 Å². The van der Waals surface area contributed by atoms with Crippen molar-refractivity contribution >= 4 is 10.1 Å². The van der Waals surface area contributed by atoms with Gasteiger partial charge in [-0.25, -0.2) is 0 Å². The molecule has 1 aromatic rings. The van der Waals surface area contributed by atoms with Crippen molar-refractivity contribution < 1.29 is 12.6 Å². The highest BCUT2D eigenvalue weighted by molar-refractivity contribution is 7.86. The summed E-state index contributed by atoms with van der Waals surface area (Å²) in [6.45, 7) is 12.4. The molecule has 206 valence electrons. The lowest BCUT2D eigenvalue weighted by molar-refractivity contribution is -0.0556. The maximum absolute atomic E-state index is 12.9. The average Bonchev–Trinajstić information content (AvgIpc) is 3.22. The maximum Gasteiger partial charge on any atom is 0.297 e. The standard InChI is InChI=1S/C33H50O3S/c1-23(2)10-9-11-24(3)29-16-17-30-28-15-14-25-22-26(36-37(34,35)27-12-7-6-8-13-27)18-20-32(25,4)31(28)19-21-33(29,30)5/h6-8,12-14,23-24,26,28-31H,9-11,15-22H2,1-5H3/t24-,26+,28+,29-,30+,31+,32+,33-/m1/s1. The van der Waals surface area contributed by atoms with Crippen molar-refractivity contribution in [3.8, 4) is 0 Å². The van der Waals surface area contributed by atoms with Gasteiger partial charge in [-0.05, 0) is 110 Å². The molecule has 1 aromatic carbocycles. The predicted molar refractivity (Wildman–Crippen MR) is 152 cm³/mol. The first-order chi connectivity index (χ1) is 17.5. The summed E-state index contributed by atoms with van der Waals surface area (Å²) in [5.74, 6) is 4.94. The van der Waals surface area contributed by atoms with Crippen LogP contribution in [0, 0.1) is 46.3 Å². The second-order valence-corrected chi connectivity index (χ2v) is 15.6. The van der Waals surface area contributed by atoms with Crippen LogP contribution < -0.4 is 0 Å². The molecule has 4 aliphatic carbocycles. The Bertz CT molecular complexity index is 1080. The van der Waals surface area contributed by atoms with E-state index in [1.807, 2.05) is 6.07 Å². The van der Waals surface area contributed by atoms with Gasteiger partial charge in [-0.15, -0.1) is 0 Å². The Morgan fingerprint density at radius 2 is 1.70 bits per heavy atom. The number of hydrogen-bond donors (Lipinski definition) is 0. The molecule has 37 heavy (non-hydrogen) atoms. The predicted octanol–water partition coefficient (Wildman–Crippen LogP) is 8.80. The first-order valence-corrected chi connectivity index (χ1v) is 16.6. The number of fused-ring (bicyclic) bond motifs is 5. The molecule has 0 radical (unpaired) electrons. The van der Waals surface area contributed by atoms with E-state index >= 15 is 0 Å². The highest BCUT2D eigenvalue weighted by Gasteiger charge is 2.59. The van der Waals surface area contributed by atoms with Crippen molar-refractivity contribution in [3.05, 3.63) is 42.0 Å². The minimum Gasteiger partial charge on any atom is -0.263 e. The van der Waals surface area contributed by atoms with E-state index in [1.165, 1.54) is 56.9 Å². The van der Waals surface area contributed by atoms with Crippen LogP contribution in [-0.2, 0) is 14.3 Å². The lowest BCUT2D eigenvalue weighted by Crippen LogP contribution is -2.51. The highest BCUT2D eigenvalue weighted by Crippen LogP contribution is 2.67. The van der Waals surface area contributed by atoms with Gasteiger partial charge in [-0.1, -0.05) is 83.7 Å². The fourth-order valence-corrected chi connectivity index (χ4v) is 10.7. The van der Waals surface area contributed by atoms with E-state index in [0.717, 1.165) is 54.8 Å². The first-order valence-electron chi connectivity index (χ1n) is 15.2. The molecule has 4 aliphatic rings. The monoisotopic (exact) mass is 526 g/mol. The Labute approximate surface area is 227 Å². The number of benzene rings is 1. The van der Waals surface area contributed by atoms with E-state index < -0.39 is 10.1 Å². The summed E-state index contributed by atoms with van der Waals surface area (Å²) in [6, 6.07) is 8.62. The number of rotatable bonds is 8. The Balaban J connectivity index is 1.27. The minimum absolute atomic E-state index is 0.210. The van der Waals surface area contributed by atoms with Crippen LogP contribution in [0.2, 0.25) is 0 Å². The second kappa shape index (κ2) is 10.5. The summed E-state index contributed by atoms with van der Waals surface area (Å²) in [4.78, 5) is 0.266. The SMILES string of the molecule is CC(C)CCC[C@@H](C)[C@H]1CC[C@H]2[C@@H]3CC=C4C[C@@H](OS(=O)(=O)c5ccccc5)CC[C@]4(C)[C@H]3CC[C@]12C. The summed E-state index contributed by atoms with van der Waals surface area (Å²) in [6.07, 6.45) is 15.8. The molecule has 3 nitrogen and oxygen atoms in total. The van der Waals surface area contributed by atoms with E-state index in [-0.39, 0.29) is 16.4 Å². The van der Waals surface area contributed by atoms with Crippen LogP contribution in [0.4, 0.5) is 0 Å². The fourth-order valence-electron chi connectivity index (χ4n) is 9.56. The molecule has 4 heteroatoms. The zero-order valence-corrected chi connectivity index (χ0v) is 24.7. The van der Waals surface area contributed by atoms with E-state index in [1.54, 1.807) is 24.3 Å². The van der Waals surface area contributed by atoms with Crippen LogP contribution >= 0.6 is 0 Å². The van der Waals surface area contributed by atoms with Gasteiger partial charge in [0.25, 0.3) is 10.1 Å². The molecule has 0 aromatic heterocycles. The molecular weight excluding hydrogens is 476 g/mol. The Hall–Kier alpha value is -1.13. The van der Waals surface area contributed by atoms with Crippen molar-refractivity contribution in [2.75, 3.05) is 0 Å². The maximum atomic E-state index is 12.9. The lowest BCUT2D eigenvalue weighted by Gasteiger charge is -2.58. The summed E-state index contributed by atoms with van der Waals surface area (Å²) in [5, 5.41) is 0. The summed E-state index contributed by atoms with van der Waals surface area (Å²) >= 11 is 0. The van der Waals surface area contributed by atoms with Gasteiger partial charge >= 0.3 is 0 Å². The molecule has 5 rings (SSSR count). The minimum atomic E-state index is -3.71. The van der Waals surface area contributed by atoms with Crippen LogP contribution in [0.15, 0.2) is 46.9 Å². The van der Waals surface area contributed by atoms with Gasteiger partial charge in [-0.2, -0.15) is 8.42 Å². The zero-order valence-electron chi connectivity index (χ0n) is 23.9. The molecule has 0 N–H and O–H groups in total. The second-order valence-electron chi connectivity index (χ2n) is 14.0. The van der Waals surface area contributed by atoms with Gasteiger partial charge in [0.2, 0.25) is 0 Å². The van der Waals surface area contributed by atoms with E-state index in [9.17, 15) is 8.42 Å². The summed E-state index contributed by atoms with van der Waals surface area (Å²) < 4.78 is 31.5. The van der Waals surface area contributed by atoms with Crippen molar-refractivity contribution in [1.29, 1.82) is 0 Å². The van der Waals surface area contributed by atoms with Gasteiger partial charge < -0.3 is 0 Å². The van der Waals surface area contributed by atoms with Gasteiger partial charge in [0.05, 0.1) is 11.0 Å². The molecule has 0 bridgehead atoms. The quantitative estimate of drug-likeness (QED) is 0.251. The van der Waals surface area contributed by atoms with Crippen molar-refractivity contribution in [2.45, 2.75) is 116 Å². The third-order valence-electron chi connectivity index (χ3n) is 11.6. The molecule has 0 spiro atoms. The van der Waals surface area contributed by atoms with E-state index in [2.05, 4.69) is 40.7 Å². The zero-order chi connectivity index (χ0) is 26.4. The molecule has 3 fully saturated rings. The number of allylic oxidation sites excluding steroid dienone is 1. The van der Waals surface area contributed by atoms with Crippen molar-refractivity contribution in [2.24, 2.45) is 46.3 Å².